The number of rotatable bonds is 3. The molecule has 0 saturated heterocycles. The van der Waals surface area contributed by atoms with Gasteiger partial charge in [0.05, 0.1) is 0 Å². The van der Waals surface area contributed by atoms with Crippen LogP contribution in [0.5, 0.6) is 5.75 Å². The maximum Gasteiger partial charge on any atom is 0.248 e. The van der Waals surface area contributed by atoms with E-state index < -0.39 is 5.91 Å². The highest BCUT2D eigenvalue weighted by Gasteiger charge is 2.24. The smallest absolute Gasteiger partial charge is 0.248 e. The Hall–Kier alpha value is -1.84. The SMILES string of the molecule is Cc1cc(C(N)=O)cc(C)c1OC1CCC(=O)C1. The van der Waals surface area contributed by atoms with Crippen molar-refractivity contribution in [1.82, 2.24) is 0 Å². The van der Waals surface area contributed by atoms with Gasteiger partial charge in [-0.1, -0.05) is 0 Å². The van der Waals surface area contributed by atoms with E-state index in [4.69, 9.17) is 10.5 Å². The van der Waals surface area contributed by atoms with Gasteiger partial charge in [0.25, 0.3) is 0 Å². The van der Waals surface area contributed by atoms with Crippen LogP contribution in [0, 0.1) is 13.8 Å². The molecule has 0 bridgehead atoms. The minimum atomic E-state index is -0.441. The summed E-state index contributed by atoms with van der Waals surface area (Å²) in [4.78, 5) is 22.4. The van der Waals surface area contributed by atoms with Crippen molar-refractivity contribution in [1.29, 1.82) is 0 Å². The van der Waals surface area contributed by atoms with Gasteiger partial charge in [-0.2, -0.15) is 0 Å². The van der Waals surface area contributed by atoms with Crippen molar-refractivity contribution in [3.63, 3.8) is 0 Å². The molecule has 0 aliphatic heterocycles. The molecule has 1 unspecified atom stereocenters. The van der Waals surface area contributed by atoms with Crippen molar-refractivity contribution in [2.45, 2.75) is 39.2 Å². The molecule has 2 rings (SSSR count). The first-order valence-electron chi connectivity index (χ1n) is 6.07. The van der Waals surface area contributed by atoms with Gasteiger partial charge in [0.1, 0.15) is 17.6 Å². The molecule has 1 aromatic rings. The van der Waals surface area contributed by atoms with Gasteiger partial charge in [0.2, 0.25) is 5.91 Å². The molecule has 1 fully saturated rings. The van der Waals surface area contributed by atoms with Crippen LogP contribution in [-0.2, 0) is 4.79 Å². The van der Waals surface area contributed by atoms with E-state index in [0.29, 0.717) is 18.4 Å². The second-order valence-electron chi connectivity index (χ2n) is 4.82. The lowest BCUT2D eigenvalue weighted by Crippen LogP contribution is -2.15. The second kappa shape index (κ2) is 4.80. The number of ether oxygens (including phenoxy) is 1. The summed E-state index contributed by atoms with van der Waals surface area (Å²) < 4.78 is 5.87. The maximum absolute atomic E-state index is 11.2. The molecule has 1 aromatic carbocycles. The Morgan fingerprint density at radius 3 is 2.39 bits per heavy atom. The summed E-state index contributed by atoms with van der Waals surface area (Å²) in [5.74, 6) is 0.576. The molecule has 1 atom stereocenters. The molecular formula is C14H17NO3. The fourth-order valence-corrected chi connectivity index (χ4v) is 2.33. The summed E-state index contributed by atoms with van der Waals surface area (Å²) in [5.41, 5.74) is 7.50. The molecule has 18 heavy (non-hydrogen) atoms. The van der Waals surface area contributed by atoms with Gasteiger partial charge in [0.15, 0.2) is 0 Å². The van der Waals surface area contributed by atoms with Crippen LogP contribution in [0.4, 0.5) is 0 Å². The maximum atomic E-state index is 11.2. The first-order chi connectivity index (χ1) is 8.47. The van der Waals surface area contributed by atoms with Crippen LogP contribution in [0.25, 0.3) is 0 Å². The van der Waals surface area contributed by atoms with Gasteiger partial charge in [-0.05, 0) is 43.5 Å². The van der Waals surface area contributed by atoms with Crippen molar-refractivity contribution < 1.29 is 14.3 Å². The number of hydrogen-bond acceptors (Lipinski definition) is 3. The molecule has 1 aliphatic carbocycles. The Kier molecular flexibility index (Phi) is 3.36. The third-order valence-electron chi connectivity index (χ3n) is 3.23. The first-order valence-corrected chi connectivity index (χ1v) is 6.07. The zero-order valence-corrected chi connectivity index (χ0v) is 10.7. The molecule has 0 heterocycles. The van der Waals surface area contributed by atoms with Crippen LogP contribution < -0.4 is 10.5 Å². The van der Waals surface area contributed by atoms with Gasteiger partial charge in [-0.25, -0.2) is 0 Å². The Morgan fingerprint density at radius 2 is 1.94 bits per heavy atom. The van der Waals surface area contributed by atoms with E-state index >= 15 is 0 Å². The molecule has 0 spiro atoms. The normalized spacial score (nSPS) is 19.0. The van der Waals surface area contributed by atoms with Crippen LogP contribution in [0.3, 0.4) is 0 Å². The minimum Gasteiger partial charge on any atom is -0.489 e. The molecule has 1 saturated carbocycles. The van der Waals surface area contributed by atoms with Crippen molar-refractivity contribution in [3.05, 3.63) is 28.8 Å². The van der Waals surface area contributed by atoms with Crippen LogP contribution in [0.1, 0.15) is 40.7 Å². The zero-order valence-electron chi connectivity index (χ0n) is 10.7. The second-order valence-corrected chi connectivity index (χ2v) is 4.82. The summed E-state index contributed by atoms with van der Waals surface area (Å²) in [6.07, 6.45) is 1.82. The number of primary amides is 1. The van der Waals surface area contributed by atoms with Gasteiger partial charge in [-0.15, -0.1) is 0 Å². The van der Waals surface area contributed by atoms with Crippen molar-refractivity contribution in [2.24, 2.45) is 5.73 Å². The van der Waals surface area contributed by atoms with Crippen LogP contribution in [-0.4, -0.2) is 17.8 Å². The molecule has 0 radical (unpaired) electrons. The number of Topliss-reactive ketones (excluding diaryl/α,β-unsaturated/α-hetero) is 1. The zero-order chi connectivity index (χ0) is 13.3. The summed E-state index contributed by atoms with van der Waals surface area (Å²) in [7, 11) is 0. The van der Waals surface area contributed by atoms with E-state index in [1.165, 1.54) is 0 Å². The van der Waals surface area contributed by atoms with Crippen molar-refractivity contribution >= 4 is 11.7 Å². The summed E-state index contributed by atoms with van der Waals surface area (Å²) in [6, 6.07) is 3.45. The number of benzene rings is 1. The van der Waals surface area contributed by atoms with E-state index in [9.17, 15) is 9.59 Å². The molecule has 4 heteroatoms. The van der Waals surface area contributed by atoms with E-state index in [0.717, 1.165) is 23.3 Å². The average Bonchev–Trinajstić information content (AvgIpc) is 2.69. The first kappa shape index (κ1) is 12.6. The number of amides is 1. The van der Waals surface area contributed by atoms with Gasteiger partial charge in [0, 0.05) is 18.4 Å². The number of ketones is 1. The quantitative estimate of drug-likeness (QED) is 0.886. The third kappa shape index (κ3) is 2.53. The van der Waals surface area contributed by atoms with E-state index in [2.05, 4.69) is 0 Å². The number of carbonyl (C=O) groups is 2. The van der Waals surface area contributed by atoms with E-state index in [-0.39, 0.29) is 11.9 Å². The number of aryl methyl sites for hydroxylation is 2. The van der Waals surface area contributed by atoms with Crippen LogP contribution in [0.15, 0.2) is 12.1 Å². The Balaban J connectivity index is 2.23. The highest BCUT2D eigenvalue weighted by atomic mass is 16.5. The van der Waals surface area contributed by atoms with Gasteiger partial charge < -0.3 is 10.5 Å². The lowest BCUT2D eigenvalue weighted by atomic mass is 10.1. The molecule has 4 nitrogen and oxygen atoms in total. The lowest BCUT2D eigenvalue weighted by molar-refractivity contribution is -0.117. The number of hydrogen-bond donors (Lipinski definition) is 1. The Labute approximate surface area is 106 Å². The largest absolute Gasteiger partial charge is 0.489 e. The number of nitrogens with two attached hydrogens (primary N) is 1. The average molecular weight is 247 g/mol. The van der Waals surface area contributed by atoms with Crippen molar-refractivity contribution in [2.75, 3.05) is 0 Å². The summed E-state index contributed by atoms with van der Waals surface area (Å²) >= 11 is 0. The third-order valence-corrected chi connectivity index (χ3v) is 3.23. The standard InChI is InChI=1S/C14H17NO3/c1-8-5-10(14(15)17)6-9(2)13(8)18-12-4-3-11(16)7-12/h5-6,12H,3-4,7H2,1-2H3,(H2,15,17). The number of carbonyl (C=O) groups excluding carboxylic acids is 2. The molecule has 2 N–H and O–H groups in total. The summed E-state index contributed by atoms with van der Waals surface area (Å²) in [5, 5.41) is 0. The fourth-order valence-electron chi connectivity index (χ4n) is 2.33. The highest BCUT2D eigenvalue weighted by molar-refractivity contribution is 5.93. The monoisotopic (exact) mass is 247 g/mol. The van der Waals surface area contributed by atoms with Crippen molar-refractivity contribution in [3.8, 4) is 5.75 Å². The molecule has 1 aliphatic rings. The van der Waals surface area contributed by atoms with E-state index in [1.807, 2.05) is 13.8 Å². The van der Waals surface area contributed by atoms with Crippen LogP contribution >= 0.6 is 0 Å². The predicted molar refractivity (Wildman–Crippen MR) is 67.7 cm³/mol. The Morgan fingerprint density at radius 1 is 1.33 bits per heavy atom. The fraction of sp³-hybridized carbons (Fsp3) is 0.429. The predicted octanol–water partition coefficient (Wildman–Crippen LogP) is 1.90. The highest BCUT2D eigenvalue weighted by Crippen LogP contribution is 2.29. The van der Waals surface area contributed by atoms with Gasteiger partial charge in [-0.3, -0.25) is 9.59 Å². The van der Waals surface area contributed by atoms with Gasteiger partial charge >= 0.3 is 0 Å². The minimum absolute atomic E-state index is 0.0330. The molecule has 1 amide bonds. The van der Waals surface area contributed by atoms with Crippen LogP contribution in [0.2, 0.25) is 0 Å². The topological polar surface area (TPSA) is 69.4 Å². The Bertz CT molecular complexity index is 485. The van der Waals surface area contributed by atoms with E-state index in [1.54, 1.807) is 12.1 Å². The lowest BCUT2D eigenvalue weighted by Gasteiger charge is -2.17. The molecular weight excluding hydrogens is 230 g/mol. The molecule has 96 valence electrons. The summed E-state index contributed by atoms with van der Waals surface area (Å²) in [6.45, 7) is 3.76. The molecule has 0 aromatic heterocycles.